The zero-order valence-corrected chi connectivity index (χ0v) is 16.1. The normalized spacial score (nSPS) is 17.5. The first-order chi connectivity index (χ1) is 10.6. The molecule has 0 aromatic heterocycles. The first-order valence-electron chi connectivity index (χ1n) is 8.50. The molecule has 1 aliphatic heterocycles. The molecule has 138 valence electrons. The van der Waals surface area contributed by atoms with Crippen LogP contribution in [0.1, 0.15) is 44.6 Å². The van der Waals surface area contributed by atoms with Crippen LogP contribution >= 0.6 is 24.8 Å². The van der Waals surface area contributed by atoms with Crippen molar-refractivity contribution in [3.63, 3.8) is 0 Å². The Morgan fingerprint density at radius 3 is 2.58 bits per heavy atom. The Morgan fingerprint density at radius 1 is 1.21 bits per heavy atom. The van der Waals surface area contributed by atoms with Crippen LogP contribution in [-0.4, -0.2) is 36.5 Å². The minimum atomic E-state index is 0. The molecule has 0 radical (unpaired) electrons. The molecule has 1 saturated heterocycles. The molecule has 24 heavy (non-hydrogen) atoms. The number of nitrogens with one attached hydrogen (secondary N) is 1. The lowest BCUT2D eigenvalue weighted by molar-refractivity contribution is -0.120. The molecule has 1 unspecified atom stereocenters. The predicted molar refractivity (Wildman–Crippen MR) is 106 cm³/mol. The molecule has 4 nitrogen and oxygen atoms in total. The quantitative estimate of drug-likeness (QED) is 0.566. The number of carbonyl (C=O) groups is 1. The van der Waals surface area contributed by atoms with Crippen LogP contribution in [-0.2, 0) is 11.2 Å². The number of benzene rings is 1. The summed E-state index contributed by atoms with van der Waals surface area (Å²) in [6, 6.07) is 8.22. The van der Waals surface area contributed by atoms with E-state index in [2.05, 4.69) is 17.1 Å². The Bertz CT molecular complexity index is 468. The van der Waals surface area contributed by atoms with Crippen LogP contribution in [0.4, 0.5) is 5.69 Å². The number of rotatable bonds is 7. The van der Waals surface area contributed by atoms with E-state index < -0.39 is 0 Å². The van der Waals surface area contributed by atoms with Gasteiger partial charge in [0.1, 0.15) is 0 Å². The van der Waals surface area contributed by atoms with E-state index in [-0.39, 0.29) is 30.7 Å². The van der Waals surface area contributed by atoms with Gasteiger partial charge in [-0.05, 0) is 63.4 Å². The molecule has 2 rings (SSSR count). The van der Waals surface area contributed by atoms with Crippen molar-refractivity contribution in [3.8, 4) is 0 Å². The number of nitrogens with zero attached hydrogens (tertiary/aromatic N) is 1. The third-order valence-corrected chi connectivity index (χ3v) is 4.48. The standard InChI is InChI=1S/C18H29N3O.2ClH/c1-15-6-2-4-12-21(15)13-5-3-11-20-18(22)14-16-7-9-17(19)10-8-16;;/h7-10,15H,2-6,11-14,19H2,1H3,(H,20,22);2*1H. The van der Waals surface area contributed by atoms with E-state index >= 15 is 0 Å². The number of nitrogens with two attached hydrogens (primary N) is 1. The third kappa shape index (κ3) is 8.22. The molecule has 0 spiro atoms. The van der Waals surface area contributed by atoms with Crippen molar-refractivity contribution >= 4 is 36.4 Å². The van der Waals surface area contributed by atoms with Crippen molar-refractivity contribution in [2.45, 2.75) is 51.5 Å². The molecule has 1 fully saturated rings. The van der Waals surface area contributed by atoms with Crippen molar-refractivity contribution < 1.29 is 4.79 Å². The van der Waals surface area contributed by atoms with Gasteiger partial charge in [0.25, 0.3) is 0 Å². The fourth-order valence-electron chi connectivity index (χ4n) is 3.04. The number of nitrogen functional groups attached to an aromatic ring is 1. The topological polar surface area (TPSA) is 58.4 Å². The second-order valence-electron chi connectivity index (χ2n) is 6.36. The molecular formula is C18H31Cl2N3O. The number of piperidine rings is 1. The van der Waals surface area contributed by atoms with E-state index in [1.807, 2.05) is 24.3 Å². The number of amides is 1. The number of anilines is 1. The number of hydrogen-bond donors (Lipinski definition) is 2. The zero-order valence-electron chi connectivity index (χ0n) is 14.5. The lowest BCUT2D eigenvalue weighted by Gasteiger charge is -2.33. The van der Waals surface area contributed by atoms with Gasteiger partial charge in [-0.25, -0.2) is 0 Å². The van der Waals surface area contributed by atoms with Gasteiger partial charge in [0.2, 0.25) is 5.91 Å². The predicted octanol–water partition coefficient (Wildman–Crippen LogP) is 3.43. The lowest BCUT2D eigenvalue weighted by Crippen LogP contribution is -2.38. The monoisotopic (exact) mass is 375 g/mol. The number of hydrogen-bond acceptors (Lipinski definition) is 3. The van der Waals surface area contributed by atoms with Gasteiger partial charge in [-0.3, -0.25) is 4.79 Å². The van der Waals surface area contributed by atoms with Crippen molar-refractivity contribution in [1.29, 1.82) is 0 Å². The first-order valence-corrected chi connectivity index (χ1v) is 8.50. The molecule has 1 aromatic rings. The van der Waals surface area contributed by atoms with Crippen LogP contribution in [0.2, 0.25) is 0 Å². The van der Waals surface area contributed by atoms with Crippen LogP contribution < -0.4 is 11.1 Å². The summed E-state index contributed by atoms with van der Waals surface area (Å²) >= 11 is 0. The highest BCUT2D eigenvalue weighted by molar-refractivity contribution is 5.85. The largest absolute Gasteiger partial charge is 0.399 e. The van der Waals surface area contributed by atoms with Crippen molar-refractivity contribution in [1.82, 2.24) is 10.2 Å². The number of unbranched alkanes of at least 4 members (excludes halogenated alkanes) is 1. The summed E-state index contributed by atoms with van der Waals surface area (Å²) in [6.07, 6.45) is 6.69. The van der Waals surface area contributed by atoms with E-state index in [1.54, 1.807) is 0 Å². The SMILES string of the molecule is CC1CCCCN1CCCCNC(=O)Cc1ccc(N)cc1.Cl.Cl. The number of likely N-dealkylation sites (tertiary alicyclic amines) is 1. The van der Waals surface area contributed by atoms with Crippen LogP contribution in [0.5, 0.6) is 0 Å². The smallest absolute Gasteiger partial charge is 0.224 e. The van der Waals surface area contributed by atoms with Gasteiger partial charge in [0.05, 0.1) is 6.42 Å². The van der Waals surface area contributed by atoms with E-state index in [0.29, 0.717) is 6.42 Å². The van der Waals surface area contributed by atoms with Gasteiger partial charge in [-0.2, -0.15) is 0 Å². The van der Waals surface area contributed by atoms with E-state index in [1.165, 1.54) is 25.8 Å². The van der Waals surface area contributed by atoms with Crippen LogP contribution in [0.25, 0.3) is 0 Å². The summed E-state index contributed by atoms with van der Waals surface area (Å²) in [5, 5.41) is 3.01. The minimum Gasteiger partial charge on any atom is -0.399 e. The molecule has 1 aromatic carbocycles. The molecule has 0 aliphatic carbocycles. The number of halogens is 2. The van der Waals surface area contributed by atoms with Crippen molar-refractivity contribution in [3.05, 3.63) is 29.8 Å². The summed E-state index contributed by atoms with van der Waals surface area (Å²) in [6.45, 7) is 5.50. The zero-order chi connectivity index (χ0) is 15.8. The molecule has 1 amide bonds. The Balaban J connectivity index is 0.00000264. The summed E-state index contributed by atoms with van der Waals surface area (Å²) in [5.74, 6) is 0.0936. The lowest BCUT2D eigenvalue weighted by atomic mass is 10.0. The minimum absolute atomic E-state index is 0. The highest BCUT2D eigenvalue weighted by Gasteiger charge is 2.16. The maximum absolute atomic E-state index is 11.9. The highest BCUT2D eigenvalue weighted by atomic mass is 35.5. The van der Waals surface area contributed by atoms with Gasteiger partial charge in [0, 0.05) is 18.3 Å². The first kappa shape index (κ1) is 23.0. The fourth-order valence-corrected chi connectivity index (χ4v) is 3.04. The van der Waals surface area contributed by atoms with E-state index in [0.717, 1.165) is 43.2 Å². The van der Waals surface area contributed by atoms with Gasteiger partial charge in [-0.15, -0.1) is 24.8 Å². The third-order valence-electron chi connectivity index (χ3n) is 4.48. The highest BCUT2D eigenvalue weighted by Crippen LogP contribution is 2.16. The summed E-state index contributed by atoms with van der Waals surface area (Å²) < 4.78 is 0. The summed E-state index contributed by atoms with van der Waals surface area (Å²) in [4.78, 5) is 14.4. The summed E-state index contributed by atoms with van der Waals surface area (Å²) in [5.41, 5.74) is 7.38. The van der Waals surface area contributed by atoms with Gasteiger partial charge < -0.3 is 16.0 Å². The van der Waals surface area contributed by atoms with Gasteiger partial charge in [-0.1, -0.05) is 18.6 Å². The van der Waals surface area contributed by atoms with Crippen LogP contribution in [0, 0.1) is 0 Å². The molecule has 1 aliphatic rings. The number of carbonyl (C=O) groups excluding carboxylic acids is 1. The Hall–Kier alpha value is -0.970. The molecular weight excluding hydrogens is 345 g/mol. The average Bonchev–Trinajstić information content (AvgIpc) is 2.51. The van der Waals surface area contributed by atoms with Crippen LogP contribution in [0.3, 0.4) is 0 Å². The van der Waals surface area contributed by atoms with Gasteiger partial charge in [0.15, 0.2) is 0 Å². The summed E-state index contributed by atoms with van der Waals surface area (Å²) in [7, 11) is 0. The molecule has 6 heteroatoms. The average molecular weight is 376 g/mol. The molecule has 1 atom stereocenters. The maximum Gasteiger partial charge on any atom is 0.224 e. The Kier molecular flexibility index (Phi) is 11.9. The second kappa shape index (κ2) is 12.4. The molecule has 0 bridgehead atoms. The van der Waals surface area contributed by atoms with Gasteiger partial charge >= 0.3 is 0 Å². The van der Waals surface area contributed by atoms with E-state index in [4.69, 9.17) is 5.73 Å². The van der Waals surface area contributed by atoms with E-state index in [9.17, 15) is 4.79 Å². The Labute approximate surface area is 158 Å². The molecule has 3 N–H and O–H groups in total. The molecule has 1 heterocycles. The van der Waals surface area contributed by atoms with Crippen LogP contribution in [0.15, 0.2) is 24.3 Å². The maximum atomic E-state index is 11.9. The van der Waals surface area contributed by atoms with Crippen molar-refractivity contribution in [2.75, 3.05) is 25.4 Å². The molecule has 0 saturated carbocycles. The Morgan fingerprint density at radius 2 is 1.92 bits per heavy atom. The van der Waals surface area contributed by atoms with Crippen molar-refractivity contribution in [2.24, 2.45) is 0 Å². The fraction of sp³-hybridized carbons (Fsp3) is 0.611. The second-order valence-corrected chi connectivity index (χ2v) is 6.36.